The number of carbonyl (C=O) groups excluding carboxylic acids is 3. The van der Waals surface area contributed by atoms with Crippen molar-refractivity contribution in [2.45, 2.75) is 38.3 Å². The molecular weight excluding hydrogens is 450 g/mol. The second-order valence-corrected chi connectivity index (χ2v) is 8.27. The molecule has 0 spiro atoms. The van der Waals surface area contributed by atoms with Gasteiger partial charge in [0.15, 0.2) is 0 Å². The van der Waals surface area contributed by atoms with Gasteiger partial charge < -0.3 is 9.64 Å². The summed E-state index contributed by atoms with van der Waals surface area (Å²) < 4.78 is 6.86. The Hall–Kier alpha value is -2.71. The number of halogens is 1. The third kappa shape index (κ3) is 4.55. The smallest absolute Gasteiger partial charge is 0.411 e. The summed E-state index contributed by atoms with van der Waals surface area (Å²) >= 11 is 3.41. The van der Waals surface area contributed by atoms with E-state index in [9.17, 15) is 14.4 Å². The van der Waals surface area contributed by atoms with E-state index in [2.05, 4.69) is 15.9 Å². The average molecular weight is 474 g/mol. The highest BCUT2D eigenvalue weighted by Gasteiger charge is 2.45. The van der Waals surface area contributed by atoms with Crippen molar-refractivity contribution in [2.24, 2.45) is 5.84 Å². The molecule has 30 heavy (non-hydrogen) atoms. The van der Waals surface area contributed by atoms with E-state index >= 15 is 0 Å². The van der Waals surface area contributed by atoms with Crippen LogP contribution in [0.5, 0.6) is 0 Å². The quantitative estimate of drug-likeness (QED) is 0.403. The van der Waals surface area contributed by atoms with E-state index in [4.69, 9.17) is 10.6 Å². The summed E-state index contributed by atoms with van der Waals surface area (Å²) in [5, 5.41) is 0.565. The Bertz CT molecular complexity index is 935. The fourth-order valence-corrected chi connectivity index (χ4v) is 3.88. The lowest BCUT2D eigenvalue weighted by molar-refractivity contribution is -0.149. The maximum atomic E-state index is 13.0. The molecule has 2 aromatic rings. The Morgan fingerprint density at radius 3 is 2.40 bits per heavy atom. The Balaban J connectivity index is 1.86. The molecule has 2 N–H and O–H groups in total. The van der Waals surface area contributed by atoms with Crippen LogP contribution in [0.1, 0.15) is 43.9 Å². The molecule has 3 amide bonds. The number of imide groups is 1. The number of ether oxygens (including phenoxy) is 1. The summed E-state index contributed by atoms with van der Waals surface area (Å²) in [5.74, 6) is 4.42. The molecule has 2 atom stereocenters. The minimum absolute atomic E-state index is 0.196. The summed E-state index contributed by atoms with van der Waals surface area (Å²) in [6, 6.07) is 16.6. The number of rotatable bonds is 5. The largest absolute Gasteiger partial charge is 0.437 e. The molecule has 0 bridgehead atoms. The molecule has 7 nitrogen and oxygen atoms in total. The number of cyclic esters (lactones) is 1. The first kappa shape index (κ1) is 22.0. The van der Waals surface area contributed by atoms with Gasteiger partial charge in [0.2, 0.25) is 11.8 Å². The van der Waals surface area contributed by atoms with E-state index < -0.39 is 23.5 Å². The van der Waals surface area contributed by atoms with Crippen LogP contribution in [0.25, 0.3) is 0 Å². The molecular formula is C22H24BrN3O4. The van der Waals surface area contributed by atoms with Crippen molar-refractivity contribution in [3.8, 4) is 0 Å². The minimum Gasteiger partial charge on any atom is -0.437 e. The SMILES string of the molecule is CC(=O)N(N)C(=O)CC1(c2ccccc2)CCN([C@@H](C)c2ccc(Br)cc2)C(=O)O1. The van der Waals surface area contributed by atoms with Crippen LogP contribution in [0.3, 0.4) is 0 Å². The fourth-order valence-electron chi connectivity index (χ4n) is 3.62. The minimum atomic E-state index is -1.18. The fraction of sp³-hybridized carbons (Fsp3) is 0.318. The van der Waals surface area contributed by atoms with Gasteiger partial charge in [0.1, 0.15) is 5.60 Å². The summed E-state index contributed by atoms with van der Waals surface area (Å²) in [6.07, 6.45) is -0.333. The van der Waals surface area contributed by atoms with Crippen LogP contribution in [-0.4, -0.2) is 34.4 Å². The molecule has 0 saturated carbocycles. The van der Waals surface area contributed by atoms with Gasteiger partial charge >= 0.3 is 6.09 Å². The van der Waals surface area contributed by atoms with Gasteiger partial charge in [0, 0.05) is 24.4 Å². The van der Waals surface area contributed by atoms with Crippen LogP contribution in [0.2, 0.25) is 0 Å². The van der Waals surface area contributed by atoms with Crippen LogP contribution in [0.15, 0.2) is 59.1 Å². The van der Waals surface area contributed by atoms with Gasteiger partial charge in [-0.2, -0.15) is 0 Å². The van der Waals surface area contributed by atoms with E-state index in [1.807, 2.05) is 61.5 Å². The van der Waals surface area contributed by atoms with Crippen molar-refractivity contribution in [3.05, 3.63) is 70.2 Å². The summed E-state index contributed by atoms with van der Waals surface area (Å²) in [5.41, 5.74) is 0.487. The molecule has 2 aromatic carbocycles. The van der Waals surface area contributed by atoms with Crippen LogP contribution in [0, 0.1) is 0 Å². The molecule has 0 aliphatic carbocycles. The standard InChI is InChI=1S/C22H24BrN3O4/c1-15(17-8-10-19(23)11-9-17)25-13-12-22(30-21(25)29,18-6-4-3-5-7-18)14-20(28)26(24)16(2)27/h3-11,15H,12-14,24H2,1-2H3/t15-,22?/m0/s1. The van der Waals surface area contributed by atoms with Crippen molar-refractivity contribution >= 4 is 33.8 Å². The molecule has 1 saturated heterocycles. The Morgan fingerprint density at radius 1 is 1.20 bits per heavy atom. The number of carbonyl (C=O) groups is 3. The zero-order valence-electron chi connectivity index (χ0n) is 16.9. The molecule has 1 aliphatic heterocycles. The summed E-state index contributed by atoms with van der Waals surface area (Å²) in [4.78, 5) is 38.8. The predicted molar refractivity (Wildman–Crippen MR) is 115 cm³/mol. The highest BCUT2D eigenvalue weighted by Crippen LogP contribution is 2.40. The number of nitrogens with two attached hydrogens (primary N) is 1. The Morgan fingerprint density at radius 2 is 1.83 bits per heavy atom. The van der Waals surface area contributed by atoms with Gasteiger partial charge in [-0.3, -0.25) is 9.59 Å². The first-order valence-corrected chi connectivity index (χ1v) is 10.4. The highest BCUT2D eigenvalue weighted by molar-refractivity contribution is 9.10. The lowest BCUT2D eigenvalue weighted by Gasteiger charge is -2.43. The molecule has 1 heterocycles. The lowest BCUT2D eigenvalue weighted by atomic mass is 9.85. The van der Waals surface area contributed by atoms with E-state index in [-0.39, 0.29) is 12.5 Å². The second kappa shape index (κ2) is 8.97. The van der Waals surface area contributed by atoms with Gasteiger partial charge in [0.25, 0.3) is 0 Å². The summed E-state index contributed by atoms with van der Waals surface area (Å²) in [7, 11) is 0. The molecule has 1 fully saturated rings. The van der Waals surface area contributed by atoms with E-state index in [1.165, 1.54) is 6.92 Å². The van der Waals surface area contributed by atoms with Gasteiger partial charge in [-0.1, -0.05) is 58.4 Å². The highest BCUT2D eigenvalue weighted by atomic mass is 79.9. The predicted octanol–water partition coefficient (Wildman–Crippen LogP) is 3.89. The normalized spacial score (nSPS) is 19.7. The maximum Gasteiger partial charge on any atom is 0.411 e. The Kier molecular flexibility index (Phi) is 6.58. The van der Waals surface area contributed by atoms with E-state index in [1.54, 1.807) is 4.90 Å². The van der Waals surface area contributed by atoms with Gasteiger partial charge in [-0.25, -0.2) is 15.6 Å². The Labute approximate surface area is 183 Å². The van der Waals surface area contributed by atoms with Crippen molar-refractivity contribution < 1.29 is 19.1 Å². The van der Waals surface area contributed by atoms with Crippen molar-refractivity contribution in [1.29, 1.82) is 0 Å². The van der Waals surface area contributed by atoms with Crippen LogP contribution in [0.4, 0.5) is 4.79 Å². The van der Waals surface area contributed by atoms with Gasteiger partial charge in [-0.15, -0.1) is 0 Å². The third-order valence-electron chi connectivity index (χ3n) is 5.44. The summed E-state index contributed by atoms with van der Waals surface area (Å²) in [6.45, 7) is 3.53. The van der Waals surface area contributed by atoms with Gasteiger partial charge in [-0.05, 0) is 30.2 Å². The molecule has 8 heteroatoms. The number of benzene rings is 2. The number of hydrogen-bond donors (Lipinski definition) is 1. The first-order valence-electron chi connectivity index (χ1n) is 9.62. The molecule has 0 aromatic heterocycles. The number of nitrogens with zero attached hydrogens (tertiary/aromatic N) is 2. The van der Waals surface area contributed by atoms with Crippen LogP contribution >= 0.6 is 15.9 Å². The monoisotopic (exact) mass is 473 g/mol. The number of amides is 3. The molecule has 0 radical (unpaired) electrons. The number of hydrogen-bond acceptors (Lipinski definition) is 5. The number of hydrazine groups is 1. The van der Waals surface area contributed by atoms with E-state index in [0.717, 1.165) is 10.0 Å². The van der Waals surface area contributed by atoms with E-state index in [0.29, 0.717) is 23.5 Å². The first-order chi connectivity index (χ1) is 14.2. The molecule has 1 unspecified atom stereocenters. The van der Waals surface area contributed by atoms with Crippen molar-refractivity contribution in [3.63, 3.8) is 0 Å². The maximum absolute atomic E-state index is 13.0. The van der Waals surface area contributed by atoms with Crippen LogP contribution in [-0.2, 0) is 19.9 Å². The zero-order valence-corrected chi connectivity index (χ0v) is 18.5. The molecule has 158 valence electrons. The van der Waals surface area contributed by atoms with Gasteiger partial charge in [0.05, 0.1) is 12.5 Å². The third-order valence-corrected chi connectivity index (χ3v) is 5.97. The second-order valence-electron chi connectivity index (χ2n) is 7.36. The molecule has 3 rings (SSSR count). The lowest BCUT2D eigenvalue weighted by Crippen LogP contribution is -2.52. The van der Waals surface area contributed by atoms with Crippen LogP contribution < -0.4 is 5.84 Å². The average Bonchev–Trinajstić information content (AvgIpc) is 2.74. The zero-order chi connectivity index (χ0) is 21.9. The molecule has 1 aliphatic rings. The van der Waals surface area contributed by atoms with Crippen molar-refractivity contribution in [1.82, 2.24) is 9.91 Å². The topological polar surface area (TPSA) is 92.9 Å². The van der Waals surface area contributed by atoms with Crippen molar-refractivity contribution in [2.75, 3.05) is 6.54 Å².